The van der Waals surface area contributed by atoms with Crippen LogP contribution in [0, 0.1) is 11.9 Å². The minimum absolute atomic E-state index is 0.0123. The normalized spacial score (nSPS) is 11.9. The molecule has 1 heterocycles. The Bertz CT molecular complexity index is 420. The van der Waals surface area contributed by atoms with E-state index in [9.17, 15) is 14.0 Å². The summed E-state index contributed by atoms with van der Waals surface area (Å²) in [6, 6.07) is 2.43. The molecule has 1 atom stereocenters. The lowest BCUT2D eigenvalue weighted by Crippen LogP contribution is -2.30. The molecule has 6 heteroatoms. The first kappa shape index (κ1) is 14.1. The third kappa shape index (κ3) is 4.48. The summed E-state index contributed by atoms with van der Waals surface area (Å²) >= 11 is 0. The predicted octanol–water partition coefficient (Wildman–Crippen LogP) is 1.45. The zero-order valence-electron chi connectivity index (χ0n) is 10.0. The molecule has 98 valence electrons. The van der Waals surface area contributed by atoms with Crippen molar-refractivity contribution >= 4 is 11.9 Å². The maximum Gasteiger partial charge on any atom is 0.303 e. The zero-order valence-corrected chi connectivity index (χ0v) is 10.0. The van der Waals surface area contributed by atoms with Gasteiger partial charge in [0.2, 0.25) is 5.95 Å². The summed E-state index contributed by atoms with van der Waals surface area (Å²) in [6.45, 7) is 2.14. The van der Waals surface area contributed by atoms with Gasteiger partial charge >= 0.3 is 5.97 Å². The van der Waals surface area contributed by atoms with Gasteiger partial charge in [-0.15, -0.1) is 0 Å². The van der Waals surface area contributed by atoms with E-state index in [4.69, 9.17) is 5.11 Å². The number of halogens is 1. The Morgan fingerprint density at radius 3 is 2.72 bits per heavy atom. The van der Waals surface area contributed by atoms with Crippen molar-refractivity contribution < 1.29 is 19.1 Å². The van der Waals surface area contributed by atoms with E-state index in [2.05, 4.69) is 10.3 Å². The summed E-state index contributed by atoms with van der Waals surface area (Å²) in [7, 11) is 0. The molecule has 0 aromatic carbocycles. The van der Waals surface area contributed by atoms with Gasteiger partial charge in [0.15, 0.2) is 0 Å². The third-order valence-electron chi connectivity index (χ3n) is 2.58. The Hall–Kier alpha value is -1.98. The van der Waals surface area contributed by atoms with Crippen LogP contribution in [0.4, 0.5) is 4.39 Å². The number of carboxylic acid groups (broad SMARTS) is 1. The zero-order chi connectivity index (χ0) is 13.5. The molecule has 1 rings (SSSR count). The Balaban J connectivity index is 2.49. The number of carbonyl (C=O) groups excluding carboxylic acids is 1. The van der Waals surface area contributed by atoms with Crippen molar-refractivity contribution in [1.29, 1.82) is 0 Å². The molecule has 5 nitrogen and oxygen atoms in total. The van der Waals surface area contributed by atoms with Crippen LogP contribution in [-0.4, -0.2) is 28.5 Å². The van der Waals surface area contributed by atoms with Crippen molar-refractivity contribution in [3.05, 3.63) is 29.8 Å². The Labute approximate surface area is 104 Å². The van der Waals surface area contributed by atoms with Crippen LogP contribution in [-0.2, 0) is 4.79 Å². The highest BCUT2D eigenvalue weighted by atomic mass is 19.1. The summed E-state index contributed by atoms with van der Waals surface area (Å²) in [5, 5.41) is 11.3. The number of amides is 1. The number of carbonyl (C=O) groups is 2. The Morgan fingerprint density at radius 1 is 1.50 bits per heavy atom. The molecular formula is C12H15FN2O3. The van der Waals surface area contributed by atoms with E-state index in [0.717, 1.165) is 12.3 Å². The number of hydrogen-bond acceptors (Lipinski definition) is 3. The summed E-state index contributed by atoms with van der Waals surface area (Å²) in [5.41, 5.74) is 0.251. The fraction of sp³-hybridized carbons (Fsp3) is 0.417. The molecule has 1 unspecified atom stereocenters. The molecule has 0 bridgehead atoms. The first-order valence-corrected chi connectivity index (χ1v) is 5.64. The van der Waals surface area contributed by atoms with Crippen LogP contribution in [0.1, 0.15) is 30.1 Å². The van der Waals surface area contributed by atoms with E-state index >= 15 is 0 Å². The first-order valence-electron chi connectivity index (χ1n) is 5.64. The number of rotatable bonds is 6. The summed E-state index contributed by atoms with van der Waals surface area (Å²) in [6.07, 6.45) is 1.81. The maximum absolute atomic E-state index is 12.6. The fourth-order valence-electron chi connectivity index (χ4n) is 1.46. The van der Waals surface area contributed by atoms with Crippen LogP contribution < -0.4 is 5.32 Å². The highest BCUT2D eigenvalue weighted by Gasteiger charge is 2.13. The third-order valence-corrected chi connectivity index (χ3v) is 2.58. The van der Waals surface area contributed by atoms with E-state index in [1.54, 1.807) is 0 Å². The number of aromatic nitrogens is 1. The molecule has 0 saturated carbocycles. The van der Waals surface area contributed by atoms with Crippen molar-refractivity contribution in [3.8, 4) is 0 Å². The number of nitrogens with zero attached hydrogens (tertiary/aromatic N) is 1. The highest BCUT2D eigenvalue weighted by molar-refractivity contribution is 5.93. The van der Waals surface area contributed by atoms with E-state index in [1.165, 1.54) is 6.07 Å². The van der Waals surface area contributed by atoms with Crippen molar-refractivity contribution in [1.82, 2.24) is 10.3 Å². The summed E-state index contributed by atoms with van der Waals surface area (Å²) < 4.78 is 12.6. The lowest BCUT2D eigenvalue weighted by Gasteiger charge is -2.13. The van der Waals surface area contributed by atoms with Gasteiger partial charge in [-0.1, -0.05) is 13.3 Å². The first-order chi connectivity index (χ1) is 8.52. The van der Waals surface area contributed by atoms with Gasteiger partial charge in [-0.2, -0.15) is 4.39 Å². The molecule has 1 amide bonds. The van der Waals surface area contributed by atoms with Gasteiger partial charge in [-0.05, 0) is 18.1 Å². The average molecular weight is 254 g/mol. The lowest BCUT2D eigenvalue weighted by atomic mass is 10.0. The van der Waals surface area contributed by atoms with Gasteiger partial charge in [-0.3, -0.25) is 9.59 Å². The van der Waals surface area contributed by atoms with Crippen LogP contribution in [0.2, 0.25) is 0 Å². The van der Waals surface area contributed by atoms with Gasteiger partial charge in [0.1, 0.15) is 0 Å². The molecule has 0 aliphatic rings. The van der Waals surface area contributed by atoms with Crippen molar-refractivity contribution in [3.63, 3.8) is 0 Å². The van der Waals surface area contributed by atoms with Crippen LogP contribution in [0.5, 0.6) is 0 Å². The molecule has 0 spiro atoms. The molecule has 0 radical (unpaired) electrons. The van der Waals surface area contributed by atoms with Crippen LogP contribution >= 0.6 is 0 Å². The number of hydrogen-bond donors (Lipinski definition) is 2. The van der Waals surface area contributed by atoms with E-state index in [-0.39, 0.29) is 30.4 Å². The van der Waals surface area contributed by atoms with E-state index < -0.39 is 11.9 Å². The smallest absolute Gasteiger partial charge is 0.303 e. The molecule has 1 aromatic heterocycles. The van der Waals surface area contributed by atoms with Gasteiger partial charge < -0.3 is 10.4 Å². The highest BCUT2D eigenvalue weighted by Crippen LogP contribution is 2.07. The van der Waals surface area contributed by atoms with Gasteiger partial charge in [0, 0.05) is 19.2 Å². The number of carboxylic acids is 1. The number of pyridine rings is 1. The molecular weight excluding hydrogens is 239 g/mol. The average Bonchev–Trinajstić information content (AvgIpc) is 2.34. The minimum Gasteiger partial charge on any atom is -0.481 e. The summed E-state index contributed by atoms with van der Waals surface area (Å²) in [4.78, 5) is 25.6. The molecule has 18 heavy (non-hydrogen) atoms. The van der Waals surface area contributed by atoms with Gasteiger partial charge in [-0.25, -0.2) is 4.98 Å². The Kier molecular flexibility index (Phi) is 5.23. The quantitative estimate of drug-likeness (QED) is 0.753. The monoisotopic (exact) mass is 254 g/mol. The van der Waals surface area contributed by atoms with Crippen LogP contribution in [0.15, 0.2) is 18.3 Å². The minimum atomic E-state index is -0.889. The van der Waals surface area contributed by atoms with Crippen molar-refractivity contribution in [2.75, 3.05) is 6.54 Å². The second kappa shape index (κ2) is 6.68. The standard InChI is InChI=1S/C12H15FN2O3/c1-2-8(5-11(16)17)6-15-12(18)9-3-4-10(13)14-7-9/h3-4,7-8H,2,5-6H2,1H3,(H,15,18)(H,16,17). The molecule has 2 N–H and O–H groups in total. The topological polar surface area (TPSA) is 79.3 Å². The van der Waals surface area contributed by atoms with E-state index in [0.29, 0.717) is 6.42 Å². The largest absolute Gasteiger partial charge is 0.481 e. The van der Waals surface area contributed by atoms with Gasteiger partial charge in [0.05, 0.1) is 5.56 Å². The summed E-state index contributed by atoms with van der Waals surface area (Å²) in [5.74, 6) is -2.03. The van der Waals surface area contributed by atoms with Crippen LogP contribution in [0.25, 0.3) is 0 Å². The van der Waals surface area contributed by atoms with E-state index in [1.807, 2.05) is 6.92 Å². The number of nitrogens with one attached hydrogen (secondary N) is 1. The molecule has 0 fully saturated rings. The maximum atomic E-state index is 12.6. The van der Waals surface area contributed by atoms with Crippen molar-refractivity contribution in [2.45, 2.75) is 19.8 Å². The predicted molar refractivity (Wildman–Crippen MR) is 62.6 cm³/mol. The number of aliphatic carboxylic acids is 1. The Morgan fingerprint density at radius 2 is 2.22 bits per heavy atom. The van der Waals surface area contributed by atoms with Crippen molar-refractivity contribution in [2.24, 2.45) is 5.92 Å². The lowest BCUT2D eigenvalue weighted by molar-refractivity contribution is -0.138. The molecule has 1 aromatic rings. The molecule has 0 saturated heterocycles. The second-order valence-corrected chi connectivity index (χ2v) is 3.95. The fourth-order valence-corrected chi connectivity index (χ4v) is 1.46. The molecule has 0 aliphatic carbocycles. The van der Waals surface area contributed by atoms with Gasteiger partial charge in [0.25, 0.3) is 5.91 Å². The molecule has 0 aliphatic heterocycles. The van der Waals surface area contributed by atoms with Crippen LogP contribution in [0.3, 0.4) is 0 Å². The SMILES string of the molecule is CCC(CNC(=O)c1ccc(F)nc1)CC(=O)O. The second-order valence-electron chi connectivity index (χ2n) is 3.95.